The molecule has 18 heavy (non-hydrogen) atoms. The summed E-state index contributed by atoms with van der Waals surface area (Å²) in [6, 6.07) is 8.21. The van der Waals surface area contributed by atoms with Crippen LogP contribution in [0, 0.1) is 0 Å². The molecular weight excluding hydrogens is 226 g/mol. The van der Waals surface area contributed by atoms with Crippen molar-refractivity contribution >= 4 is 16.5 Å². The van der Waals surface area contributed by atoms with E-state index in [9.17, 15) is 0 Å². The Morgan fingerprint density at radius 3 is 2.83 bits per heavy atom. The van der Waals surface area contributed by atoms with Gasteiger partial charge in [0.2, 0.25) is 5.88 Å². The second-order valence-electron chi connectivity index (χ2n) is 4.49. The Morgan fingerprint density at radius 2 is 2.11 bits per heavy atom. The molecule has 0 saturated heterocycles. The van der Waals surface area contributed by atoms with Crippen LogP contribution in [0.2, 0.25) is 0 Å². The maximum Gasteiger partial charge on any atom is 0.221 e. The molecule has 0 amide bonds. The number of rotatable bonds is 5. The number of nitrogens with one attached hydrogen (secondary N) is 1. The lowest BCUT2D eigenvalue weighted by atomic mass is 10.1. The monoisotopic (exact) mass is 245 g/mol. The highest BCUT2D eigenvalue weighted by Gasteiger charge is 2.02. The second kappa shape index (κ2) is 5.69. The maximum absolute atomic E-state index is 5.24. The molecule has 1 N–H and O–H groups in total. The minimum absolute atomic E-state index is 0.673. The minimum Gasteiger partial charge on any atom is -0.481 e. The Bertz CT molecular complexity index is 525. The van der Waals surface area contributed by atoms with Gasteiger partial charge in [0.15, 0.2) is 0 Å². The third-order valence-corrected chi connectivity index (χ3v) is 2.81. The molecule has 0 aliphatic heterocycles. The molecule has 0 fully saturated rings. The third-order valence-electron chi connectivity index (χ3n) is 2.81. The largest absolute Gasteiger partial charge is 0.481 e. The first-order valence-corrected chi connectivity index (χ1v) is 6.02. The number of benzene rings is 1. The van der Waals surface area contributed by atoms with Crippen LogP contribution in [0.4, 0.5) is 5.69 Å². The summed E-state index contributed by atoms with van der Waals surface area (Å²) in [5.74, 6) is 0.673. The van der Waals surface area contributed by atoms with Crippen LogP contribution in [0.1, 0.15) is 0 Å². The average Bonchev–Trinajstić information content (AvgIpc) is 2.37. The van der Waals surface area contributed by atoms with Gasteiger partial charge in [-0.3, -0.25) is 0 Å². The van der Waals surface area contributed by atoms with Crippen molar-refractivity contribution < 1.29 is 4.74 Å². The van der Waals surface area contributed by atoms with E-state index in [1.54, 1.807) is 13.3 Å². The summed E-state index contributed by atoms with van der Waals surface area (Å²) < 4.78 is 5.24. The summed E-state index contributed by atoms with van der Waals surface area (Å²) in [5.41, 5.74) is 1.12. The van der Waals surface area contributed by atoms with Crippen molar-refractivity contribution in [1.82, 2.24) is 9.88 Å². The van der Waals surface area contributed by atoms with E-state index in [0.717, 1.165) is 29.5 Å². The zero-order valence-electron chi connectivity index (χ0n) is 11.1. The molecule has 4 nitrogen and oxygen atoms in total. The Morgan fingerprint density at radius 1 is 1.28 bits per heavy atom. The fraction of sp³-hybridized carbons (Fsp3) is 0.357. The van der Waals surface area contributed by atoms with Gasteiger partial charge in [-0.25, -0.2) is 4.98 Å². The van der Waals surface area contributed by atoms with Crippen LogP contribution < -0.4 is 10.1 Å². The zero-order valence-corrected chi connectivity index (χ0v) is 11.1. The molecule has 0 saturated carbocycles. The number of aromatic nitrogens is 1. The number of methoxy groups -OCH3 is 1. The normalized spacial score (nSPS) is 10.9. The number of hydrogen-bond donors (Lipinski definition) is 1. The van der Waals surface area contributed by atoms with Gasteiger partial charge < -0.3 is 15.0 Å². The molecule has 0 atom stereocenters. The molecule has 1 heterocycles. The van der Waals surface area contributed by atoms with Gasteiger partial charge in [-0.1, -0.05) is 0 Å². The summed E-state index contributed by atoms with van der Waals surface area (Å²) in [6.07, 6.45) is 1.77. The van der Waals surface area contributed by atoms with Crippen molar-refractivity contribution in [2.45, 2.75) is 0 Å². The molecule has 96 valence electrons. The van der Waals surface area contributed by atoms with Gasteiger partial charge in [-0.15, -0.1) is 0 Å². The van der Waals surface area contributed by atoms with Crippen LogP contribution in [-0.2, 0) is 0 Å². The van der Waals surface area contributed by atoms with E-state index < -0.39 is 0 Å². The van der Waals surface area contributed by atoms with E-state index in [0.29, 0.717) is 5.88 Å². The van der Waals surface area contributed by atoms with Crippen molar-refractivity contribution in [2.24, 2.45) is 0 Å². The fourth-order valence-electron chi connectivity index (χ4n) is 1.85. The molecule has 1 aromatic heterocycles. The van der Waals surface area contributed by atoms with E-state index in [-0.39, 0.29) is 0 Å². The van der Waals surface area contributed by atoms with Crippen LogP contribution in [0.3, 0.4) is 0 Å². The first kappa shape index (κ1) is 12.6. The standard InChI is InChI=1S/C14H19N3O/c1-17(2)9-8-15-12-4-5-13-11(10-12)6-7-16-14(13)18-3/h4-7,10,15H,8-9H2,1-3H3. The predicted molar refractivity (Wildman–Crippen MR) is 75.3 cm³/mol. The van der Waals surface area contributed by atoms with Crippen molar-refractivity contribution in [3.8, 4) is 5.88 Å². The zero-order chi connectivity index (χ0) is 13.0. The third kappa shape index (κ3) is 2.90. The molecule has 2 rings (SSSR count). The number of likely N-dealkylation sites (N-methyl/N-ethyl adjacent to an activating group) is 1. The van der Waals surface area contributed by atoms with Crippen LogP contribution in [0.15, 0.2) is 30.5 Å². The van der Waals surface area contributed by atoms with Crippen LogP contribution >= 0.6 is 0 Å². The van der Waals surface area contributed by atoms with Crippen molar-refractivity contribution in [3.63, 3.8) is 0 Å². The van der Waals surface area contributed by atoms with E-state index in [4.69, 9.17) is 4.74 Å². The average molecular weight is 245 g/mol. The van der Waals surface area contributed by atoms with E-state index in [1.807, 2.05) is 12.1 Å². The van der Waals surface area contributed by atoms with Crippen LogP contribution in [0.5, 0.6) is 5.88 Å². The van der Waals surface area contributed by atoms with Crippen molar-refractivity contribution in [2.75, 3.05) is 39.6 Å². The van der Waals surface area contributed by atoms with Gasteiger partial charge in [0.25, 0.3) is 0 Å². The lowest BCUT2D eigenvalue weighted by Gasteiger charge is -2.12. The highest BCUT2D eigenvalue weighted by Crippen LogP contribution is 2.25. The molecule has 1 aromatic carbocycles. The first-order chi connectivity index (χ1) is 8.70. The van der Waals surface area contributed by atoms with Crippen LogP contribution in [-0.4, -0.2) is 44.2 Å². The number of anilines is 1. The smallest absolute Gasteiger partial charge is 0.221 e. The number of fused-ring (bicyclic) bond motifs is 1. The van der Waals surface area contributed by atoms with Crippen molar-refractivity contribution in [3.05, 3.63) is 30.5 Å². The molecule has 4 heteroatoms. The Labute approximate surface area is 108 Å². The van der Waals surface area contributed by atoms with Gasteiger partial charge in [0, 0.05) is 30.4 Å². The molecule has 0 bridgehead atoms. The summed E-state index contributed by atoms with van der Waals surface area (Å²) in [6.45, 7) is 1.94. The number of pyridine rings is 1. The molecule has 0 radical (unpaired) electrons. The lowest BCUT2D eigenvalue weighted by Crippen LogP contribution is -2.20. The fourth-order valence-corrected chi connectivity index (χ4v) is 1.85. The molecule has 0 spiro atoms. The van der Waals surface area contributed by atoms with Gasteiger partial charge >= 0.3 is 0 Å². The van der Waals surface area contributed by atoms with E-state index >= 15 is 0 Å². The maximum atomic E-state index is 5.24. The Balaban J connectivity index is 2.17. The van der Waals surface area contributed by atoms with Gasteiger partial charge in [0.05, 0.1) is 7.11 Å². The minimum atomic E-state index is 0.673. The molecule has 2 aromatic rings. The highest BCUT2D eigenvalue weighted by molar-refractivity contribution is 5.89. The second-order valence-corrected chi connectivity index (χ2v) is 4.49. The summed E-state index contributed by atoms with van der Waals surface area (Å²) in [5, 5.41) is 5.58. The topological polar surface area (TPSA) is 37.4 Å². The quantitative estimate of drug-likeness (QED) is 0.876. The first-order valence-electron chi connectivity index (χ1n) is 6.02. The number of hydrogen-bond acceptors (Lipinski definition) is 4. The predicted octanol–water partition coefficient (Wildman–Crippen LogP) is 2.22. The Kier molecular flexibility index (Phi) is 3.99. The summed E-state index contributed by atoms with van der Waals surface area (Å²) in [4.78, 5) is 6.34. The molecule has 0 aliphatic rings. The molecule has 0 aliphatic carbocycles. The lowest BCUT2D eigenvalue weighted by molar-refractivity contribution is 0.403. The van der Waals surface area contributed by atoms with Crippen molar-refractivity contribution in [1.29, 1.82) is 0 Å². The SMILES string of the molecule is COc1nccc2cc(NCCN(C)C)ccc12. The number of ether oxygens (including phenoxy) is 1. The van der Waals surface area contributed by atoms with Gasteiger partial charge in [-0.05, 0) is 43.7 Å². The highest BCUT2D eigenvalue weighted by atomic mass is 16.5. The molecular formula is C14H19N3O. The molecule has 0 unspecified atom stereocenters. The van der Waals surface area contributed by atoms with E-state index in [1.165, 1.54) is 0 Å². The summed E-state index contributed by atoms with van der Waals surface area (Å²) >= 11 is 0. The van der Waals surface area contributed by atoms with E-state index in [2.05, 4.69) is 41.4 Å². The van der Waals surface area contributed by atoms with Gasteiger partial charge in [0.1, 0.15) is 0 Å². The number of nitrogens with zero attached hydrogens (tertiary/aromatic N) is 2. The summed E-state index contributed by atoms with van der Waals surface area (Å²) in [7, 11) is 5.78. The van der Waals surface area contributed by atoms with Crippen LogP contribution in [0.25, 0.3) is 10.8 Å². The van der Waals surface area contributed by atoms with Gasteiger partial charge in [-0.2, -0.15) is 0 Å². The Hall–Kier alpha value is -1.81.